The maximum atomic E-state index is 13.7. The van der Waals surface area contributed by atoms with Crippen molar-refractivity contribution in [2.24, 2.45) is 7.05 Å². The van der Waals surface area contributed by atoms with E-state index >= 15 is 0 Å². The van der Waals surface area contributed by atoms with Gasteiger partial charge in [0.25, 0.3) is 0 Å². The highest BCUT2D eigenvalue weighted by Crippen LogP contribution is 2.39. The Bertz CT molecular complexity index is 1760. The molecule has 0 unspecified atom stereocenters. The monoisotopic (exact) mass is 561 g/mol. The summed E-state index contributed by atoms with van der Waals surface area (Å²) in [5.41, 5.74) is 4.75. The van der Waals surface area contributed by atoms with Crippen LogP contribution in [0.1, 0.15) is 42.2 Å². The first-order valence-electron chi connectivity index (χ1n) is 13.1. The molecule has 1 aliphatic heterocycles. The van der Waals surface area contributed by atoms with E-state index in [9.17, 15) is 13.9 Å². The highest BCUT2D eigenvalue weighted by molar-refractivity contribution is 5.83. The minimum atomic E-state index is -2.99. The number of tetrazole rings is 1. The van der Waals surface area contributed by atoms with Crippen molar-refractivity contribution in [2.75, 3.05) is 7.05 Å². The predicted molar refractivity (Wildman–Crippen MR) is 146 cm³/mol. The van der Waals surface area contributed by atoms with E-state index in [0.29, 0.717) is 35.9 Å². The van der Waals surface area contributed by atoms with Crippen LogP contribution >= 0.6 is 0 Å². The topological polar surface area (TPSA) is 120 Å². The van der Waals surface area contributed by atoms with E-state index in [1.54, 1.807) is 46.3 Å². The number of ether oxygens (including phenoxy) is 1. The number of aromatic nitrogens is 8. The van der Waals surface area contributed by atoms with Crippen molar-refractivity contribution >= 4 is 11.0 Å². The number of benzene rings is 2. The second-order valence-corrected chi connectivity index (χ2v) is 10.9. The van der Waals surface area contributed by atoms with Crippen LogP contribution in [0.25, 0.3) is 33.5 Å². The number of halogens is 2. The standard InChI is InChI=1S/C28H29F2N9O2/c1-15-8-18(25-34-36-38(5)35-25)19-12-37(4)14-23-33-21-7-6-16(17-10-31-26(32-11-17)28(2,3)40)9-22(21)39(23)13-20(19)24(15)41-27(29)30/h6-11,27,40H,12-14H2,1-5H3. The molecule has 11 nitrogen and oxygen atoms in total. The molecule has 0 amide bonds. The molecule has 0 saturated heterocycles. The molecule has 13 heteroatoms. The van der Waals surface area contributed by atoms with E-state index in [4.69, 9.17) is 9.72 Å². The lowest BCUT2D eigenvalue weighted by Crippen LogP contribution is -2.26. The van der Waals surface area contributed by atoms with Crippen LogP contribution < -0.4 is 4.74 Å². The van der Waals surface area contributed by atoms with Gasteiger partial charge in [-0.05, 0) is 67.9 Å². The number of aliphatic hydroxyl groups is 1. The molecule has 3 aromatic heterocycles. The third kappa shape index (κ3) is 5.02. The van der Waals surface area contributed by atoms with E-state index in [-0.39, 0.29) is 12.3 Å². The van der Waals surface area contributed by atoms with Crippen molar-refractivity contribution in [3.63, 3.8) is 0 Å². The minimum absolute atomic E-state index is 0.137. The fourth-order valence-corrected chi connectivity index (χ4v) is 5.27. The number of rotatable bonds is 5. The first-order valence-corrected chi connectivity index (χ1v) is 13.1. The van der Waals surface area contributed by atoms with Crippen LogP contribution in [-0.4, -0.2) is 63.4 Å². The summed E-state index contributed by atoms with van der Waals surface area (Å²) in [6.07, 6.45) is 3.35. The van der Waals surface area contributed by atoms with Crippen LogP contribution in [0.5, 0.6) is 5.75 Å². The third-order valence-electron chi connectivity index (χ3n) is 7.15. The summed E-state index contributed by atoms with van der Waals surface area (Å²) < 4.78 is 34.5. The summed E-state index contributed by atoms with van der Waals surface area (Å²) in [4.78, 5) is 17.0. The predicted octanol–water partition coefficient (Wildman–Crippen LogP) is 3.81. The number of fused-ring (bicyclic) bond motifs is 4. The van der Waals surface area contributed by atoms with Gasteiger partial charge in [0.2, 0.25) is 5.82 Å². The summed E-state index contributed by atoms with van der Waals surface area (Å²) in [5, 5.41) is 22.8. The second kappa shape index (κ2) is 9.93. The Kier molecular flexibility index (Phi) is 6.50. The summed E-state index contributed by atoms with van der Waals surface area (Å²) in [6.45, 7) is 3.24. The van der Waals surface area contributed by atoms with Crippen molar-refractivity contribution in [3.8, 4) is 28.3 Å². The van der Waals surface area contributed by atoms with Gasteiger partial charge >= 0.3 is 6.61 Å². The molecule has 212 valence electrons. The molecular formula is C28H29F2N9O2. The summed E-state index contributed by atoms with van der Waals surface area (Å²) in [7, 11) is 3.63. The zero-order chi connectivity index (χ0) is 29.1. The first kappa shape index (κ1) is 26.8. The van der Waals surface area contributed by atoms with Gasteiger partial charge < -0.3 is 14.4 Å². The third-order valence-corrected chi connectivity index (χ3v) is 7.15. The molecule has 0 atom stereocenters. The van der Waals surface area contributed by atoms with Crippen LogP contribution in [0.3, 0.4) is 0 Å². The molecule has 6 rings (SSSR count). The summed E-state index contributed by atoms with van der Waals surface area (Å²) in [5.74, 6) is 1.67. The average Bonchev–Trinajstić information content (AvgIpc) is 3.48. The van der Waals surface area contributed by atoms with E-state index in [1.165, 1.54) is 4.80 Å². The number of nitrogens with zero attached hydrogens (tertiary/aromatic N) is 9. The van der Waals surface area contributed by atoms with Crippen LogP contribution in [0.2, 0.25) is 0 Å². The Hall–Kier alpha value is -4.36. The molecule has 1 aliphatic rings. The Morgan fingerprint density at radius 2 is 1.76 bits per heavy atom. The van der Waals surface area contributed by atoms with Crippen LogP contribution in [0.15, 0.2) is 36.7 Å². The molecule has 0 radical (unpaired) electrons. The van der Waals surface area contributed by atoms with Gasteiger partial charge in [-0.1, -0.05) is 6.07 Å². The molecule has 0 bridgehead atoms. The molecule has 1 N–H and O–H groups in total. The number of hydrogen-bond acceptors (Lipinski definition) is 9. The van der Waals surface area contributed by atoms with Gasteiger partial charge in [-0.25, -0.2) is 15.0 Å². The first-order chi connectivity index (χ1) is 19.5. The largest absolute Gasteiger partial charge is 0.434 e. The number of hydrogen-bond donors (Lipinski definition) is 1. The molecule has 4 heterocycles. The van der Waals surface area contributed by atoms with E-state index in [0.717, 1.165) is 39.1 Å². The highest BCUT2D eigenvalue weighted by atomic mass is 19.3. The lowest BCUT2D eigenvalue weighted by atomic mass is 9.94. The molecule has 5 aromatic rings. The van der Waals surface area contributed by atoms with Crippen molar-refractivity contribution in [3.05, 3.63) is 65.0 Å². The van der Waals surface area contributed by atoms with Crippen LogP contribution in [0.4, 0.5) is 8.78 Å². The quantitative estimate of drug-likeness (QED) is 0.342. The molecule has 0 fully saturated rings. The SMILES string of the molecule is Cc1cc(-c2nnn(C)n2)c2c(c1OC(F)F)Cn1c(nc3ccc(-c4cnc(C(C)(C)O)nc4)cc31)CN(C)C2. The van der Waals surface area contributed by atoms with Gasteiger partial charge in [0, 0.05) is 35.6 Å². The number of imidazole rings is 1. The molecule has 0 saturated carbocycles. The van der Waals surface area contributed by atoms with E-state index in [1.807, 2.05) is 29.8 Å². The average molecular weight is 562 g/mol. The van der Waals surface area contributed by atoms with E-state index in [2.05, 4.69) is 30.3 Å². The van der Waals surface area contributed by atoms with Crippen molar-refractivity contribution in [1.82, 2.24) is 44.6 Å². The number of aryl methyl sites for hydroxylation is 2. The fourth-order valence-electron chi connectivity index (χ4n) is 5.27. The lowest BCUT2D eigenvalue weighted by Gasteiger charge is -2.27. The maximum Gasteiger partial charge on any atom is 0.387 e. The Morgan fingerprint density at radius 3 is 2.41 bits per heavy atom. The smallest absolute Gasteiger partial charge is 0.387 e. The second-order valence-electron chi connectivity index (χ2n) is 10.9. The molecule has 41 heavy (non-hydrogen) atoms. The maximum absolute atomic E-state index is 13.7. The molecular weight excluding hydrogens is 532 g/mol. The van der Waals surface area contributed by atoms with Gasteiger partial charge in [-0.3, -0.25) is 4.90 Å². The summed E-state index contributed by atoms with van der Waals surface area (Å²) in [6, 6.07) is 7.64. The van der Waals surface area contributed by atoms with E-state index < -0.39 is 12.2 Å². The van der Waals surface area contributed by atoms with Gasteiger partial charge in [0.15, 0.2) is 5.82 Å². The zero-order valence-corrected chi connectivity index (χ0v) is 23.3. The highest BCUT2D eigenvalue weighted by Gasteiger charge is 2.28. The molecule has 0 aliphatic carbocycles. The van der Waals surface area contributed by atoms with Crippen molar-refractivity contribution in [2.45, 2.75) is 52.6 Å². The van der Waals surface area contributed by atoms with Crippen molar-refractivity contribution in [1.29, 1.82) is 0 Å². The molecule has 0 spiro atoms. The van der Waals surface area contributed by atoms with Gasteiger partial charge in [-0.15, -0.1) is 10.2 Å². The Morgan fingerprint density at radius 1 is 1.00 bits per heavy atom. The summed E-state index contributed by atoms with van der Waals surface area (Å²) >= 11 is 0. The number of alkyl halides is 2. The lowest BCUT2D eigenvalue weighted by molar-refractivity contribution is -0.0510. The van der Waals surface area contributed by atoms with Gasteiger partial charge in [0.05, 0.1) is 31.2 Å². The van der Waals surface area contributed by atoms with Crippen molar-refractivity contribution < 1.29 is 18.6 Å². The Balaban J connectivity index is 1.52. The Labute approximate surface area is 234 Å². The normalized spacial score (nSPS) is 14.2. The fraction of sp³-hybridized carbons (Fsp3) is 0.357. The van der Waals surface area contributed by atoms with Crippen LogP contribution in [0, 0.1) is 6.92 Å². The van der Waals surface area contributed by atoms with Gasteiger partial charge in [-0.2, -0.15) is 13.6 Å². The minimum Gasteiger partial charge on any atom is -0.434 e. The molecule has 2 aromatic carbocycles. The van der Waals surface area contributed by atoms with Gasteiger partial charge in [0.1, 0.15) is 17.2 Å². The van der Waals surface area contributed by atoms with Crippen LogP contribution in [-0.2, 0) is 32.3 Å². The zero-order valence-electron chi connectivity index (χ0n) is 23.3.